The van der Waals surface area contributed by atoms with E-state index < -0.39 is 6.10 Å². The fourth-order valence-electron chi connectivity index (χ4n) is 2.30. The Balaban J connectivity index is 1.58. The molecule has 0 spiro atoms. The molecule has 0 bridgehead atoms. The summed E-state index contributed by atoms with van der Waals surface area (Å²) in [5, 5.41) is 9.51. The van der Waals surface area contributed by atoms with Gasteiger partial charge in [0.1, 0.15) is 23.9 Å². The molecule has 0 heterocycles. The molecule has 0 aliphatic heterocycles. The zero-order valence-electron chi connectivity index (χ0n) is 13.6. The van der Waals surface area contributed by atoms with Gasteiger partial charge in [0.2, 0.25) is 0 Å². The molecule has 1 unspecified atom stereocenters. The van der Waals surface area contributed by atoms with E-state index in [0.717, 1.165) is 28.4 Å². The maximum atomic E-state index is 9.51. The Kier molecular flexibility index (Phi) is 5.14. The van der Waals surface area contributed by atoms with Gasteiger partial charge in [0.15, 0.2) is 0 Å². The molecule has 3 nitrogen and oxygen atoms in total. The molecule has 0 aromatic heterocycles. The summed E-state index contributed by atoms with van der Waals surface area (Å²) >= 11 is 0. The molecule has 0 aliphatic rings. The van der Waals surface area contributed by atoms with Crippen molar-refractivity contribution in [2.75, 3.05) is 0 Å². The van der Waals surface area contributed by atoms with Crippen LogP contribution in [0.4, 0.5) is 0 Å². The second-order valence-electron chi connectivity index (χ2n) is 5.59. The van der Waals surface area contributed by atoms with E-state index in [1.807, 2.05) is 78.9 Å². The highest BCUT2D eigenvalue weighted by atomic mass is 16.5. The van der Waals surface area contributed by atoms with Crippen LogP contribution in [0.15, 0.2) is 78.9 Å². The Morgan fingerprint density at radius 3 is 1.88 bits per heavy atom. The molecule has 3 aromatic carbocycles. The molecule has 3 rings (SSSR count). The summed E-state index contributed by atoms with van der Waals surface area (Å²) in [5.41, 5.74) is 2.00. The number of rotatable bonds is 6. The van der Waals surface area contributed by atoms with Gasteiger partial charge in [-0.25, -0.2) is 0 Å². The Morgan fingerprint density at radius 2 is 1.29 bits per heavy atom. The predicted octanol–water partition coefficient (Wildman–Crippen LogP) is 5.11. The summed E-state index contributed by atoms with van der Waals surface area (Å²) in [6, 6.07) is 25.0. The first-order valence-electron chi connectivity index (χ1n) is 7.93. The van der Waals surface area contributed by atoms with E-state index in [9.17, 15) is 5.11 Å². The van der Waals surface area contributed by atoms with E-state index in [1.165, 1.54) is 0 Å². The second kappa shape index (κ2) is 7.66. The zero-order valence-corrected chi connectivity index (χ0v) is 13.6. The van der Waals surface area contributed by atoms with Crippen molar-refractivity contribution in [1.29, 1.82) is 0 Å². The molecule has 0 saturated carbocycles. The third-order valence-corrected chi connectivity index (χ3v) is 3.67. The maximum Gasteiger partial charge on any atom is 0.127 e. The Hall–Kier alpha value is -2.78. The zero-order chi connectivity index (χ0) is 16.8. The Bertz CT molecular complexity index is 747. The van der Waals surface area contributed by atoms with E-state index in [1.54, 1.807) is 6.92 Å². The van der Waals surface area contributed by atoms with Crippen LogP contribution in [0.3, 0.4) is 0 Å². The summed E-state index contributed by atoms with van der Waals surface area (Å²) in [6.45, 7) is 2.28. The van der Waals surface area contributed by atoms with Gasteiger partial charge in [-0.1, -0.05) is 42.5 Å². The van der Waals surface area contributed by atoms with Crippen LogP contribution in [0.25, 0.3) is 0 Å². The molecule has 0 saturated heterocycles. The standard InChI is InChI=1S/C21H20O3/c1-16(22)18-7-9-20(10-8-18)24-21-13-11-19(12-14-21)23-15-17-5-3-2-4-6-17/h2-14,16,22H,15H2,1H3. The van der Waals surface area contributed by atoms with Crippen LogP contribution < -0.4 is 9.47 Å². The highest BCUT2D eigenvalue weighted by Gasteiger charge is 2.02. The van der Waals surface area contributed by atoms with Gasteiger partial charge in [-0.2, -0.15) is 0 Å². The van der Waals surface area contributed by atoms with Gasteiger partial charge < -0.3 is 14.6 Å². The molecule has 1 N–H and O–H groups in total. The van der Waals surface area contributed by atoms with Gasteiger partial charge in [0.05, 0.1) is 6.10 Å². The largest absolute Gasteiger partial charge is 0.489 e. The lowest BCUT2D eigenvalue weighted by Crippen LogP contribution is -1.95. The first kappa shape index (κ1) is 16.1. The van der Waals surface area contributed by atoms with Crippen molar-refractivity contribution in [2.24, 2.45) is 0 Å². The van der Waals surface area contributed by atoms with Crippen molar-refractivity contribution < 1.29 is 14.6 Å². The van der Waals surface area contributed by atoms with Crippen molar-refractivity contribution in [1.82, 2.24) is 0 Å². The molecule has 0 amide bonds. The third kappa shape index (κ3) is 4.37. The van der Waals surface area contributed by atoms with E-state index in [2.05, 4.69) is 0 Å². The van der Waals surface area contributed by atoms with Crippen molar-refractivity contribution >= 4 is 0 Å². The SMILES string of the molecule is CC(O)c1ccc(Oc2ccc(OCc3ccccc3)cc2)cc1. The quantitative estimate of drug-likeness (QED) is 0.686. The number of aliphatic hydroxyl groups excluding tert-OH is 1. The van der Waals surface area contributed by atoms with Crippen molar-refractivity contribution in [3.8, 4) is 17.2 Å². The van der Waals surface area contributed by atoms with E-state index in [-0.39, 0.29) is 0 Å². The second-order valence-corrected chi connectivity index (χ2v) is 5.59. The van der Waals surface area contributed by atoms with Crippen molar-refractivity contribution in [2.45, 2.75) is 19.6 Å². The highest BCUT2D eigenvalue weighted by molar-refractivity contribution is 5.36. The van der Waals surface area contributed by atoms with Crippen molar-refractivity contribution in [3.05, 3.63) is 90.0 Å². The predicted molar refractivity (Wildman–Crippen MR) is 94.4 cm³/mol. The molecule has 0 aliphatic carbocycles. The summed E-state index contributed by atoms with van der Waals surface area (Å²) < 4.78 is 11.5. The molecule has 122 valence electrons. The molecule has 1 atom stereocenters. The van der Waals surface area contributed by atoms with Crippen LogP contribution in [0.5, 0.6) is 17.2 Å². The Labute approximate surface area is 142 Å². The smallest absolute Gasteiger partial charge is 0.127 e. The monoisotopic (exact) mass is 320 g/mol. The average Bonchev–Trinajstić information content (AvgIpc) is 2.62. The van der Waals surface area contributed by atoms with Gasteiger partial charge in [-0.15, -0.1) is 0 Å². The average molecular weight is 320 g/mol. The van der Waals surface area contributed by atoms with E-state index in [0.29, 0.717) is 6.61 Å². The molecular formula is C21H20O3. The van der Waals surface area contributed by atoms with Gasteiger partial charge in [-0.3, -0.25) is 0 Å². The lowest BCUT2D eigenvalue weighted by molar-refractivity contribution is 0.199. The minimum atomic E-state index is -0.472. The van der Waals surface area contributed by atoms with Gasteiger partial charge in [-0.05, 0) is 54.4 Å². The fraction of sp³-hybridized carbons (Fsp3) is 0.143. The lowest BCUT2D eigenvalue weighted by atomic mass is 10.1. The number of ether oxygens (including phenoxy) is 2. The topological polar surface area (TPSA) is 38.7 Å². The normalized spacial score (nSPS) is 11.8. The number of aliphatic hydroxyl groups is 1. The van der Waals surface area contributed by atoms with Crippen LogP contribution >= 0.6 is 0 Å². The highest BCUT2D eigenvalue weighted by Crippen LogP contribution is 2.25. The van der Waals surface area contributed by atoms with Gasteiger partial charge in [0, 0.05) is 0 Å². The molecule has 0 fully saturated rings. The van der Waals surface area contributed by atoms with Gasteiger partial charge in [0.25, 0.3) is 0 Å². The molecule has 24 heavy (non-hydrogen) atoms. The van der Waals surface area contributed by atoms with Crippen LogP contribution in [-0.4, -0.2) is 5.11 Å². The maximum absolute atomic E-state index is 9.51. The van der Waals surface area contributed by atoms with Crippen LogP contribution in [-0.2, 0) is 6.61 Å². The summed E-state index contributed by atoms with van der Waals surface area (Å²) in [6.07, 6.45) is -0.472. The van der Waals surface area contributed by atoms with Crippen LogP contribution in [0.1, 0.15) is 24.2 Å². The molecule has 3 aromatic rings. The minimum absolute atomic E-state index is 0.472. The summed E-state index contributed by atoms with van der Waals surface area (Å²) in [7, 11) is 0. The van der Waals surface area contributed by atoms with Crippen LogP contribution in [0.2, 0.25) is 0 Å². The number of hydrogen-bond acceptors (Lipinski definition) is 3. The summed E-state index contributed by atoms with van der Waals surface area (Å²) in [4.78, 5) is 0. The lowest BCUT2D eigenvalue weighted by Gasteiger charge is -2.10. The molecule has 3 heteroatoms. The van der Waals surface area contributed by atoms with Crippen LogP contribution in [0, 0.1) is 0 Å². The van der Waals surface area contributed by atoms with Crippen molar-refractivity contribution in [3.63, 3.8) is 0 Å². The first-order valence-corrected chi connectivity index (χ1v) is 7.93. The Morgan fingerprint density at radius 1 is 0.750 bits per heavy atom. The summed E-state index contributed by atoms with van der Waals surface area (Å²) in [5.74, 6) is 2.28. The fourth-order valence-corrected chi connectivity index (χ4v) is 2.30. The van der Waals surface area contributed by atoms with E-state index in [4.69, 9.17) is 9.47 Å². The first-order chi connectivity index (χ1) is 11.7. The third-order valence-electron chi connectivity index (χ3n) is 3.67. The van der Waals surface area contributed by atoms with E-state index >= 15 is 0 Å². The van der Waals surface area contributed by atoms with Gasteiger partial charge >= 0.3 is 0 Å². The minimum Gasteiger partial charge on any atom is -0.489 e. The number of benzene rings is 3. The molecule has 0 radical (unpaired) electrons. The molecular weight excluding hydrogens is 300 g/mol. The number of hydrogen-bond donors (Lipinski definition) is 1.